The number of rotatable bonds is 4. The number of anilines is 1. The van der Waals surface area contributed by atoms with Gasteiger partial charge in [-0.3, -0.25) is 14.4 Å². The topological polar surface area (TPSA) is 97.4 Å². The second-order valence-electron chi connectivity index (χ2n) is 9.16. The van der Waals surface area contributed by atoms with Crippen molar-refractivity contribution in [3.8, 4) is 11.5 Å². The molecule has 2 aromatic carbocycles. The second-order valence-corrected chi connectivity index (χ2v) is 9.16. The molecule has 1 aliphatic heterocycles. The fourth-order valence-electron chi connectivity index (χ4n) is 4.23. The van der Waals surface area contributed by atoms with Gasteiger partial charge in [-0.15, -0.1) is 0 Å². The molecule has 194 valence electrons. The van der Waals surface area contributed by atoms with Gasteiger partial charge in [-0.25, -0.2) is 0 Å². The standard InChI is InChI=1S/C27H35N3O6/c1-17-14-30(19(3)31)18(2)16-36-24-13-21(28-26(32)20-7-10-22(34-5)11-8-20)9-12-23(24)27(33)29(4)15-25(17)35-6/h7-13,17-18,25H,14-16H2,1-6H3,(H,28,32)/t17-,18+,25-/m0/s1. The maximum atomic E-state index is 13.3. The van der Waals surface area contributed by atoms with Gasteiger partial charge in [0.25, 0.3) is 11.8 Å². The molecule has 0 bridgehead atoms. The summed E-state index contributed by atoms with van der Waals surface area (Å²) in [6.45, 7) is 6.46. The Hall–Kier alpha value is -3.59. The normalized spacial score (nSPS) is 20.9. The number of fused-ring (bicyclic) bond motifs is 1. The molecule has 0 fully saturated rings. The van der Waals surface area contributed by atoms with Crippen molar-refractivity contribution in [2.45, 2.75) is 32.9 Å². The molecule has 2 aromatic rings. The Bertz CT molecular complexity index is 1090. The fraction of sp³-hybridized carbons (Fsp3) is 0.444. The van der Waals surface area contributed by atoms with Gasteiger partial charge in [0.1, 0.15) is 18.1 Å². The lowest BCUT2D eigenvalue weighted by atomic mass is 10.0. The molecule has 3 rings (SSSR count). The third-order valence-corrected chi connectivity index (χ3v) is 6.46. The van der Waals surface area contributed by atoms with Gasteiger partial charge in [-0.2, -0.15) is 0 Å². The average Bonchev–Trinajstić information content (AvgIpc) is 2.87. The molecule has 3 atom stereocenters. The first-order chi connectivity index (χ1) is 17.1. The highest BCUT2D eigenvalue weighted by Gasteiger charge is 2.29. The van der Waals surface area contributed by atoms with Gasteiger partial charge in [0.15, 0.2) is 0 Å². The van der Waals surface area contributed by atoms with Crippen molar-refractivity contribution in [2.24, 2.45) is 5.92 Å². The van der Waals surface area contributed by atoms with E-state index in [9.17, 15) is 14.4 Å². The smallest absolute Gasteiger partial charge is 0.257 e. The second kappa shape index (κ2) is 11.9. The van der Waals surface area contributed by atoms with Crippen molar-refractivity contribution in [3.05, 3.63) is 53.6 Å². The van der Waals surface area contributed by atoms with Crippen LogP contribution in [0.4, 0.5) is 5.69 Å². The van der Waals surface area contributed by atoms with Crippen molar-refractivity contribution in [2.75, 3.05) is 46.3 Å². The largest absolute Gasteiger partial charge is 0.497 e. The van der Waals surface area contributed by atoms with Gasteiger partial charge in [0.2, 0.25) is 5.91 Å². The van der Waals surface area contributed by atoms with E-state index >= 15 is 0 Å². The summed E-state index contributed by atoms with van der Waals surface area (Å²) in [7, 11) is 4.88. The van der Waals surface area contributed by atoms with E-state index < -0.39 is 0 Å². The molecule has 36 heavy (non-hydrogen) atoms. The maximum Gasteiger partial charge on any atom is 0.257 e. The van der Waals surface area contributed by atoms with Crippen LogP contribution < -0.4 is 14.8 Å². The van der Waals surface area contributed by atoms with Crippen molar-refractivity contribution in [3.63, 3.8) is 0 Å². The van der Waals surface area contributed by atoms with E-state index in [2.05, 4.69) is 5.32 Å². The molecule has 0 spiro atoms. The van der Waals surface area contributed by atoms with Crippen LogP contribution in [0.3, 0.4) is 0 Å². The number of benzene rings is 2. The number of likely N-dealkylation sites (N-methyl/N-ethyl adjacent to an activating group) is 1. The number of nitrogens with zero attached hydrogens (tertiary/aromatic N) is 2. The Kier molecular flexibility index (Phi) is 8.93. The molecule has 9 nitrogen and oxygen atoms in total. The van der Waals surface area contributed by atoms with E-state index in [1.807, 2.05) is 13.8 Å². The van der Waals surface area contributed by atoms with Crippen LogP contribution in [0.5, 0.6) is 11.5 Å². The summed E-state index contributed by atoms with van der Waals surface area (Å²) in [6.07, 6.45) is -0.250. The zero-order chi connectivity index (χ0) is 26.4. The first kappa shape index (κ1) is 27.0. The monoisotopic (exact) mass is 497 g/mol. The van der Waals surface area contributed by atoms with Crippen LogP contribution in [0.25, 0.3) is 0 Å². The average molecular weight is 498 g/mol. The molecule has 3 amide bonds. The molecule has 1 heterocycles. The third-order valence-electron chi connectivity index (χ3n) is 6.46. The number of nitrogens with one attached hydrogen (secondary N) is 1. The van der Waals surface area contributed by atoms with Crippen LogP contribution in [-0.4, -0.2) is 80.6 Å². The lowest BCUT2D eigenvalue weighted by molar-refractivity contribution is -0.133. The molecular weight excluding hydrogens is 462 g/mol. The van der Waals surface area contributed by atoms with Crippen LogP contribution in [0, 0.1) is 5.92 Å². The molecule has 9 heteroatoms. The molecule has 0 radical (unpaired) electrons. The Labute approximate surface area is 212 Å². The van der Waals surface area contributed by atoms with E-state index in [0.717, 1.165) is 0 Å². The number of ether oxygens (including phenoxy) is 3. The molecule has 0 saturated carbocycles. The summed E-state index contributed by atoms with van der Waals surface area (Å²) in [4.78, 5) is 41.8. The highest BCUT2D eigenvalue weighted by atomic mass is 16.5. The Balaban J connectivity index is 1.91. The molecule has 0 saturated heterocycles. The van der Waals surface area contributed by atoms with Crippen LogP contribution >= 0.6 is 0 Å². The summed E-state index contributed by atoms with van der Waals surface area (Å²) >= 11 is 0. The van der Waals surface area contributed by atoms with Gasteiger partial charge < -0.3 is 29.3 Å². The Morgan fingerprint density at radius 3 is 2.36 bits per heavy atom. The lowest BCUT2D eigenvalue weighted by Gasteiger charge is -2.35. The van der Waals surface area contributed by atoms with Crippen molar-refractivity contribution >= 4 is 23.4 Å². The van der Waals surface area contributed by atoms with Gasteiger partial charge in [0, 0.05) is 57.4 Å². The molecule has 1 aliphatic rings. The first-order valence-corrected chi connectivity index (χ1v) is 11.9. The summed E-state index contributed by atoms with van der Waals surface area (Å²) in [6, 6.07) is 11.5. The van der Waals surface area contributed by atoms with Crippen LogP contribution in [0.1, 0.15) is 41.5 Å². The number of carbonyl (C=O) groups excluding carboxylic acids is 3. The van der Waals surface area contributed by atoms with Crippen LogP contribution in [-0.2, 0) is 9.53 Å². The maximum absolute atomic E-state index is 13.3. The summed E-state index contributed by atoms with van der Waals surface area (Å²) in [5, 5.41) is 2.85. The Morgan fingerprint density at radius 2 is 1.75 bits per heavy atom. The van der Waals surface area contributed by atoms with Crippen molar-refractivity contribution in [1.29, 1.82) is 0 Å². The lowest BCUT2D eigenvalue weighted by Crippen LogP contribution is -2.48. The van der Waals surface area contributed by atoms with E-state index in [1.165, 1.54) is 6.92 Å². The number of hydrogen-bond donors (Lipinski definition) is 1. The number of hydrogen-bond acceptors (Lipinski definition) is 6. The fourth-order valence-corrected chi connectivity index (χ4v) is 4.23. The molecular formula is C27H35N3O6. The van der Waals surface area contributed by atoms with Gasteiger partial charge in [0.05, 0.1) is 24.8 Å². The molecule has 1 N–H and O–H groups in total. The zero-order valence-electron chi connectivity index (χ0n) is 21.7. The number of carbonyl (C=O) groups is 3. The highest BCUT2D eigenvalue weighted by Crippen LogP contribution is 2.27. The van der Waals surface area contributed by atoms with Crippen LogP contribution in [0.2, 0.25) is 0 Å². The third kappa shape index (κ3) is 6.34. The van der Waals surface area contributed by atoms with Crippen LogP contribution in [0.15, 0.2) is 42.5 Å². The predicted molar refractivity (Wildman–Crippen MR) is 137 cm³/mol. The van der Waals surface area contributed by atoms with Gasteiger partial charge in [-0.05, 0) is 43.3 Å². The van der Waals surface area contributed by atoms with Crippen molar-refractivity contribution < 1.29 is 28.6 Å². The SMILES string of the molecule is COc1ccc(C(=O)Nc2ccc3c(c2)OC[C@@H](C)N(C(C)=O)C[C@H](C)[C@@H](OC)CN(C)C3=O)cc1. The molecule has 0 aliphatic carbocycles. The minimum atomic E-state index is -0.303. The Morgan fingerprint density at radius 1 is 1.06 bits per heavy atom. The van der Waals surface area contributed by atoms with E-state index in [0.29, 0.717) is 41.4 Å². The van der Waals surface area contributed by atoms with E-state index in [4.69, 9.17) is 14.2 Å². The molecule has 0 aromatic heterocycles. The summed E-state index contributed by atoms with van der Waals surface area (Å²) in [5.74, 6) is 0.408. The predicted octanol–water partition coefficient (Wildman–Crippen LogP) is 3.30. The minimum absolute atomic E-state index is 0.00559. The molecule has 0 unspecified atom stereocenters. The minimum Gasteiger partial charge on any atom is -0.497 e. The number of methoxy groups -OCH3 is 2. The van der Waals surface area contributed by atoms with Gasteiger partial charge >= 0.3 is 0 Å². The quantitative estimate of drug-likeness (QED) is 0.696. The number of amides is 3. The van der Waals surface area contributed by atoms with Gasteiger partial charge in [-0.1, -0.05) is 6.92 Å². The van der Waals surface area contributed by atoms with E-state index in [-0.39, 0.29) is 42.4 Å². The van der Waals surface area contributed by atoms with E-state index in [1.54, 1.807) is 73.5 Å². The highest BCUT2D eigenvalue weighted by molar-refractivity contribution is 6.05. The summed E-state index contributed by atoms with van der Waals surface area (Å²) in [5.41, 5.74) is 1.31. The summed E-state index contributed by atoms with van der Waals surface area (Å²) < 4.78 is 16.9. The van der Waals surface area contributed by atoms with Crippen molar-refractivity contribution in [1.82, 2.24) is 9.80 Å². The first-order valence-electron chi connectivity index (χ1n) is 11.9. The zero-order valence-corrected chi connectivity index (χ0v) is 21.7.